The molecule has 0 aromatic carbocycles. The lowest BCUT2D eigenvalue weighted by Gasteiger charge is -2.13. The second-order valence-electron chi connectivity index (χ2n) is 4.35. The van der Waals surface area contributed by atoms with Crippen LogP contribution in [0.4, 0.5) is 0 Å². The van der Waals surface area contributed by atoms with E-state index in [0.29, 0.717) is 5.01 Å². The molecule has 0 spiro atoms. The molecule has 5 heteroatoms. The molecule has 1 N–H and O–H groups in total. The molecule has 1 aromatic heterocycles. The molecule has 2 heterocycles. The molecule has 0 bridgehead atoms. The van der Waals surface area contributed by atoms with E-state index in [1.807, 2.05) is 5.38 Å². The lowest BCUT2D eigenvalue weighted by molar-refractivity contribution is 0.0952. The summed E-state index contributed by atoms with van der Waals surface area (Å²) in [6.45, 7) is 4.44. The molecule has 0 aliphatic carbocycles. The van der Waals surface area contributed by atoms with E-state index in [0.717, 1.165) is 19.4 Å². The van der Waals surface area contributed by atoms with Crippen LogP contribution in [0, 0.1) is 0 Å². The van der Waals surface area contributed by atoms with Gasteiger partial charge < -0.3 is 10.2 Å². The molecule has 17 heavy (non-hydrogen) atoms. The zero-order valence-corrected chi connectivity index (χ0v) is 10.8. The number of nitrogens with one attached hydrogen (secondary N) is 1. The highest BCUT2D eigenvalue weighted by Gasteiger charge is 2.10. The number of thiazole rings is 1. The Morgan fingerprint density at radius 1 is 1.41 bits per heavy atom. The van der Waals surface area contributed by atoms with Gasteiger partial charge in [0.2, 0.25) is 0 Å². The lowest BCUT2D eigenvalue weighted by atomic mass is 10.3. The van der Waals surface area contributed by atoms with Crippen LogP contribution >= 0.6 is 11.3 Å². The van der Waals surface area contributed by atoms with E-state index in [9.17, 15) is 4.79 Å². The summed E-state index contributed by atoms with van der Waals surface area (Å²) in [6.07, 6.45) is 6.57. The van der Waals surface area contributed by atoms with Crippen molar-refractivity contribution in [1.82, 2.24) is 15.2 Å². The molecule has 94 valence electrons. The molecule has 1 aliphatic rings. The number of unbranched alkanes of at least 4 members (excludes halogenated alkanes) is 1. The summed E-state index contributed by atoms with van der Waals surface area (Å²) in [4.78, 5) is 18.0. The molecule has 0 unspecified atom stereocenters. The number of hydrogen-bond acceptors (Lipinski definition) is 4. The van der Waals surface area contributed by atoms with E-state index in [-0.39, 0.29) is 5.91 Å². The predicted molar refractivity (Wildman–Crippen MR) is 69.4 cm³/mol. The van der Waals surface area contributed by atoms with E-state index >= 15 is 0 Å². The van der Waals surface area contributed by atoms with Gasteiger partial charge in [0.1, 0.15) is 0 Å². The van der Waals surface area contributed by atoms with Crippen LogP contribution in [0.15, 0.2) is 11.6 Å². The van der Waals surface area contributed by atoms with E-state index in [4.69, 9.17) is 0 Å². The minimum atomic E-state index is -0.0406. The van der Waals surface area contributed by atoms with Gasteiger partial charge >= 0.3 is 0 Å². The zero-order chi connectivity index (χ0) is 11.9. The quantitative estimate of drug-likeness (QED) is 0.786. The molecule has 1 aromatic rings. The fraction of sp³-hybridized carbons (Fsp3) is 0.667. The topological polar surface area (TPSA) is 45.2 Å². The summed E-state index contributed by atoms with van der Waals surface area (Å²) in [7, 11) is 0. The average molecular weight is 253 g/mol. The van der Waals surface area contributed by atoms with Gasteiger partial charge in [-0.3, -0.25) is 4.79 Å². The highest BCUT2D eigenvalue weighted by molar-refractivity contribution is 7.11. The van der Waals surface area contributed by atoms with Crippen molar-refractivity contribution in [3.8, 4) is 0 Å². The largest absolute Gasteiger partial charge is 0.350 e. The minimum Gasteiger partial charge on any atom is -0.350 e. The van der Waals surface area contributed by atoms with Crippen molar-refractivity contribution in [2.24, 2.45) is 0 Å². The van der Waals surface area contributed by atoms with Gasteiger partial charge in [-0.15, -0.1) is 11.3 Å². The Balaban J connectivity index is 1.52. The number of amides is 1. The van der Waals surface area contributed by atoms with Crippen LogP contribution in [0.2, 0.25) is 0 Å². The number of hydrogen-bond donors (Lipinski definition) is 1. The van der Waals surface area contributed by atoms with Crippen LogP contribution in [-0.4, -0.2) is 42.0 Å². The van der Waals surface area contributed by atoms with Gasteiger partial charge in [-0.2, -0.15) is 0 Å². The Labute approximate surface area is 106 Å². The van der Waals surface area contributed by atoms with Gasteiger partial charge in [0.05, 0.1) is 0 Å². The van der Waals surface area contributed by atoms with Gasteiger partial charge in [0.15, 0.2) is 5.01 Å². The van der Waals surface area contributed by atoms with Crippen molar-refractivity contribution < 1.29 is 4.79 Å². The molecule has 0 radical (unpaired) electrons. The maximum absolute atomic E-state index is 11.6. The number of carbonyl (C=O) groups excluding carboxylic acids is 1. The Morgan fingerprint density at radius 2 is 2.24 bits per heavy atom. The van der Waals surface area contributed by atoms with Crippen molar-refractivity contribution in [2.75, 3.05) is 26.2 Å². The van der Waals surface area contributed by atoms with Crippen LogP contribution in [0.25, 0.3) is 0 Å². The zero-order valence-electron chi connectivity index (χ0n) is 10.0. The molecule has 2 rings (SSSR count). The first-order chi connectivity index (χ1) is 8.36. The maximum Gasteiger partial charge on any atom is 0.280 e. The number of likely N-dealkylation sites (tertiary alicyclic amines) is 1. The molecule has 0 atom stereocenters. The summed E-state index contributed by atoms with van der Waals surface area (Å²) >= 11 is 1.38. The summed E-state index contributed by atoms with van der Waals surface area (Å²) in [6, 6.07) is 0. The third-order valence-electron chi connectivity index (χ3n) is 3.01. The van der Waals surface area contributed by atoms with Gasteiger partial charge in [0.25, 0.3) is 5.91 Å². The highest BCUT2D eigenvalue weighted by Crippen LogP contribution is 2.08. The van der Waals surface area contributed by atoms with Crippen LogP contribution in [0.3, 0.4) is 0 Å². The van der Waals surface area contributed by atoms with E-state index in [1.165, 1.54) is 43.8 Å². The van der Waals surface area contributed by atoms with Crippen molar-refractivity contribution in [3.63, 3.8) is 0 Å². The Bertz CT molecular complexity index is 334. The highest BCUT2D eigenvalue weighted by atomic mass is 32.1. The molecular weight excluding hydrogens is 234 g/mol. The Morgan fingerprint density at radius 3 is 2.94 bits per heavy atom. The molecule has 0 saturated carbocycles. The monoisotopic (exact) mass is 253 g/mol. The number of nitrogens with zero attached hydrogens (tertiary/aromatic N) is 2. The second-order valence-corrected chi connectivity index (χ2v) is 5.24. The predicted octanol–water partition coefficient (Wildman–Crippen LogP) is 1.75. The van der Waals surface area contributed by atoms with Crippen molar-refractivity contribution >= 4 is 17.2 Å². The number of rotatable bonds is 6. The third-order valence-corrected chi connectivity index (χ3v) is 3.78. The fourth-order valence-corrected chi connectivity index (χ4v) is 2.63. The summed E-state index contributed by atoms with van der Waals surface area (Å²) in [5, 5.41) is 5.28. The number of carbonyl (C=O) groups is 1. The number of aromatic nitrogens is 1. The van der Waals surface area contributed by atoms with E-state index in [1.54, 1.807) is 6.20 Å². The first kappa shape index (κ1) is 12.5. The van der Waals surface area contributed by atoms with Crippen LogP contribution in [-0.2, 0) is 0 Å². The SMILES string of the molecule is O=C(NCCCCN1CCCC1)c1nccs1. The molecule has 1 amide bonds. The maximum atomic E-state index is 11.6. The first-order valence-electron chi connectivity index (χ1n) is 6.26. The van der Waals surface area contributed by atoms with E-state index < -0.39 is 0 Å². The van der Waals surface area contributed by atoms with Crippen molar-refractivity contribution in [2.45, 2.75) is 25.7 Å². The standard InChI is InChI=1S/C12H19N3OS/c16-11(12-14-6-10-17-12)13-5-1-2-7-15-8-3-4-9-15/h6,10H,1-5,7-9H2,(H,13,16). The van der Waals surface area contributed by atoms with E-state index in [2.05, 4.69) is 15.2 Å². The molecule has 1 fully saturated rings. The third kappa shape index (κ3) is 4.09. The molecule has 1 aliphatic heterocycles. The fourth-order valence-electron chi connectivity index (χ4n) is 2.08. The normalized spacial score (nSPS) is 16.2. The minimum absolute atomic E-state index is 0.0406. The van der Waals surface area contributed by atoms with Crippen molar-refractivity contribution in [3.05, 3.63) is 16.6 Å². The Kier molecular flexibility index (Phi) is 4.94. The summed E-state index contributed by atoms with van der Waals surface area (Å²) in [5.74, 6) is -0.0406. The summed E-state index contributed by atoms with van der Waals surface area (Å²) in [5.41, 5.74) is 0. The van der Waals surface area contributed by atoms with Crippen LogP contribution in [0.5, 0.6) is 0 Å². The van der Waals surface area contributed by atoms with Gasteiger partial charge in [-0.1, -0.05) is 0 Å². The Hall–Kier alpha value is -0.940. The smallest absolute Gasteiger partial charge is 0.280 e. The molecule has 4 nitrogen and oxygen atoms in total. The molecule has 1 saturated heterocycles. The average Bonchev–Trinajstić information content (AvgIpc) is 3.01. The summed E-state index contributed by atoms with van der Waals surface area (Å²) < 4.78 is 0. The van der Waals surface area contributed by atoms with Gasteiger partial charge in [0, 0.05) is 18.1 Å². The van der Waals surface area contributed by atoms with Crippen LogP contribution in [0.1, 0.15) is 35.5 Å². The molecular formula is C12H19N3OS. The second kappa shape index (κ2) is 6.71. The lowest BCUT2D eigenvalue weighted by Crippen LogP contribution is -2.26. The van der Waals surface area contributed by atoms with Gasteiger partial charge in [-0.25, -0.2) is 4.98 Å². The van der Waals surface area contributed by atoms with Crippen LogP contribution < -0.4 is 5.32 Å². The first-order valence-corrected chi connectivity index (χ1v) is 7.14. The van der Waals surface area contributed by atoms with Gasteiger partial charge in [-0.05, 0) is 45.3 Å². The van der Waals surface area contributed by atoms with Crippen molar-refractivity contribution in [1.29, 1.82) is 0 Å².